The maximum absolute atomic E-state index is 12.0. The van der Waals surface area contributed by atoms with Gasteiger partial charge in [0.05, 0.1) is 6.10 Å². The number of amides is 1. The molecule has 0 aliphatic carbocycles. The highest BCUT2D eigenvalue weighted by molar-refractivity contribution is 5.81. The second kappa shape index (κ2) is 7.67. The molecular weight excluding hydrogens is 287 g/mol. The van der Waals surface area contributed by atoms with Gasteiger partial charge in [0, 0.05) is 12.1 Å². The van der Waals surface area contributed by atoms with Crippen molar-refractivity contribution in [2.24, 2.45) is 0 Å². The lowest BCUT2D eigenvalue weighted by Gasteiger charge is -2.13. The molecular formula is C14H14F3NO3. The maximum atomic E-state index is 12.0. The molecule has 0 saturated heterocycles. The van der Waals surface area contributed by atoms with Crippen LogP contribution in [0.4, 0.5) is 13.2 Å². The normalized spacial score (nSPS) is 12.2. The van der Waals surface area contributed by atoms with Crippen LogP contribution in [0.3, 0.4) is 0 Å². The van der Waals surface area contributed by atoms with Crippen molar-refractivity contribution in [2.45, 2.75) is 18.7 Å². The SMILES string of the molecule is O=C(NCCC(O)c1cccc(C#CCO)c1)C(F)(F)F. The van der Waals surface area contributed by atoms with Gasteiger partial charge in [-0.2, -0.15) is 13.2 Å². The number of rotatable bonds is 4. The average molecular weight is 301 g/mol. The molecule has 0 fully saturated rings. The van der Waals surface area contributed by atoms with E-state index in [1.54, 1.807) is 29.6 Å². The lowest BCUT2D eigenvalue weighted by atomic mass is 10.0. The van der Waals surface area contributed by atoms with E-state index in [9.17, 15) is 23.1 Å². The molecule has 0 aliphatic rings. The Bertz CT molecular complexity index is 546. The van der Waals surface area contributed by atoms with Crippen molar-refractivity contribution in [3.63, 3.8) is 0 Å². The largest absolute Gasteiger partial charge is 0.471 e. The van der Waals surface area contributed by atoms with Crippen molar-refractivity contribution in [2.75, 3.05) is 13.2 Å². The first kappa shape index (κ1) is 17.0. The molecule has 1 aromatic rings. The number of alkyl halides is 3. The third kappa shape index (κ3) is 5.85. The molecule has 1 rings (SSSR count). The molecule has 3 N–H and O–H groups in total. The predicted octanol–water partition coefficient (Wildman–Crippen LogP) is 1.13. The molecule has 0 radical (unpaired) electrons. The lowest BCUT2D eigenvalue weighted by Crippen LogP contribution is -2.37. The van der Waals surface area contributed by atoms with Crippen LogP contribution in [-0.4, -0.2) is 35.4 Å². The van der Waals surface area contributed by atoms with Gasteiger partial charge in [0.25, 0.3) is 0 Å². The van der Waals surface area contributed by atoms with Gasteiger partial charge in [-0.1, -0.05) is 24.0 Å². The highest BCUT2D eigenvalue weighted by atomic mass is 19.4. The molecule has 0 aromatic heterocycles. The van der Waals surface area contributed by atoms with E-state index in [0.29, 0.717) is 11.1 Å². The molecule has 1 aromatic carbocycles. The van der Waals surface area contributed by atoms with E-state index in [0.717, 1.165) is 0 Å². The monoisotopic (exact) mass is 301 g/mol. The highest BCUT2D eigenvalue weighted by Gasteiger charge is 2.38. The summed E-state index contributed by atoms with van der Waals surface area (Å²) in [7, 11) is 0. The fourth-order valence-corrected chi connectivity index (χ4v) is 1.55. The van der Waals surface area contributed by atoms with Crippen LogP contribution in [0, 0.1) is 11.8 Å². The van der Waals surface area contributed by atoms with Crippen LogP contribution in [0.2, 0.25) is 0 Å². The van der Waals surface area contributed by atoms with Gasteiger partial charge >= 0.3 is 12.1 Å². The Kier molecular flexibility index (Phi) is 6.21. The summed E-state index contributed by atoms with van der Waals surface area (Å²) < 4.78 is 35.9. The van der Waals surface area contributed by atoms with Crippen LogP contribution in [0.1, 0.15) is 23.7 Å². The minimum Gasteiger partial charge on any atom is -0.388 e. The van der Waals surface area contributed by atoms with Crippen LogP contribution in [0.15, 0.2) is 24.3 Å². The van der Waals surface area contributed by atoms with Crippen molar-refractivity contribution < 1.29 is 28.2 Å². The second-order valence-electron chi connectivity index (χ2n) is 4.14. The number of carbonyl (C=O) groups is 1. The van der Waals surface area contributed by atoms with E-state index < -0.39 is 18.2 Å². The molecule has 0 aliphatic heterocycles. The van der Waals surface area contributed by atoms with Gasteiger partial charge < -0.3 is 15.5 Å². The minimum atomic E-state index is -4.93. The average Bonchev–Trinajstić information content (AvgIpc) is 2.44. The minimum absolute atomic E-state index is 0.0568. The number of hydrogen-bond donors (Lipinski definition) is 3. The summed E-state index contributed by atoms with van der Waals surface area (Å²) in [6.07, 6.45) is -6.00. The summed E-state index contributed by atoms with van der Waals surface area (Å²) in [4.78, 5) is 10.6. The van der Waals surface area contributed by atoms with Crippen LogP contribution in [0.25, 0.3) is 0 Å². The third-order valence-electron chi connectivity index (χ3n) is 2.54. The number of benzene rings is 1. The predicted molar refractivity (Wildman–Crippen MR) is 69.0 cm³/mol. The van der Waals surface area contributed by atoms with Gasteiger partial charge in [-0.15, -0.1) is 0 Å². The Morgan fingerprint density at radius 1 is 1.38 bits per heavy atom. The zero-order valence-corrected chi connectivity index (χ0v) is 10.9. The summed E-state index contributed by atoms with van der Waals surface area (Å²) in [6.45, 7) is -0.595. The van der Waals surface area contributed by atoms with Gasteiger partial charge in [-0.3, -0.25) is 4.79 Å². The highest BCUT2D eigenvalue weighted by Crippen LogP contribution is 2.18. The summed E-state index contributed by atoms with van der Waals surface area (Å²) >= 11 is 0. The molecule has 7 heteroatoms. The standard InChI is InChI=1S/C14H14F3NO3/c15-14(16,17)13(21)18-7-6-12(20)11-5-1-3-10(9-11)4-2-8-19/h1,3,5,9,12,19-20H,6-8H2,(H,18,21). The summed E-state index contributed by atoms with van der Waals surface area (Å²) in [6, 6.07) is 6.47. The van der Waals surface area contributed by atoms with E-state index in [2.05, 4.69) is 11.8 Å². The third-order valence-corrected chi connectivity index (χ3v) is 2.54. The first-order chi connectivity index (χ1) is 9.84. The number of carbonyl (C=O) groups excluding carboxylic acids is 1. The van der Waals surface area contributed by atoms with E-state index >= 15 is 0 Å². The molecule has 114 valence electrons. The smallest absolute Gasteiger partial charge is 0.388 e. The Morgan fingerprint density at radius 2 is 2.10 bits per heavy atom. The van der Waals surface area contributed by atoms with Crippen molar-refractivity contribution in [3.8, 4) is 11.8 Å². The van der Waals surface area contributed by atoms with Gasteiger partial charge in [-0.25, -0.2) is 0 Å². The van der Waals surface area contributed by atoms with Crippen LogP contribution in [-0.2, 0) is 4.79 Å². The fraction of sp³-hybridized carbons (Fsp3) is 0.357. The van der Waals surface area contributed by atoms with Gasteiger partial charge in [0.15, 0.2) is 0 Å². The zero-order chi connectivity index (χ0) is 15.9. The van der Waals surface area contributed by atoms with Crippen molar-refractivity contribution in [3.05, 3.63) is 35.4 Å². The molecule has 0 heterocycles. The maximum Gasteiger partial charge on any atom is 0.471 e. The van der Waals surface area contributed by atoms with E-state index in [4.69, 9.17) is 5.11 Å². The first-order valence-electron chi connectivity index (χ1n) is 6.07. The number of nitrogens with one attached hydrogen (secondary N) is 1. The number of aliphatic hydroxyl groups is 2. The second-order valence-corrected chi connectivity index (χ2v) is 4.14. The topological polar surface area (TPSA) is 69.6 Å². The molecule has 1 amide bonds. The Morgan fingerprint density at radius 3 is 2.71 bits per heavy atom. The molecule has 21 heavy (non-hydrogen) atoms. The Balaban J connectivity index is 2.56. The molecule has 4 nitrogen and oxygen atoms in total. The van der Waals surface area contributed by atoms with Crippen LogP contribution < -0.4 is 5.32 Å². The molecule has 0 bridgehead atoms. The summed E-state index contributed by atoms with van der Waals surface area (Å²) in [5.74, 6) is 3.07. The van der Waals surface area contributed by atoms with Gasteiger partial charge in [0.1, 0.15) is 6.61 Å². The van der Waals surface area contributed by atoms with Crippen LogP contribution >= 0.6 is 0 Å². The Hall–Kier alpha value is -2.04. The number of aliphatic hydroxyl groups excluding tert-OH is 2. The van der Waals surface area contributed by atoms with Crippen molar-refractivity contribution in [1.82, 2.24) is 5.32 Å². The summed E-state index contributed by atoms with van der Waals surface area (Å²) in [5.41, 5.74) is 1.04. The Labute approximate surface area is 119 Å². The van der Waals surface area contributed by atoms with Crippen molar-refractivity contribution in [1.29, 1.82) is 0 Å². The van der Waals surface area contributed by atoms with E-state index in [-0.39, 0.29) is 19.6 Å². The van der Waals surface area contributed by atoms with E-state index in [1.165, 1.54) is 0 Å². The van der Waals surface area contributed by atoms with E-state index in [1.807, 2.05) is 0 Å². The summed E-state index contributed by atoms with van der Waals surface area (Å²) in [5, 5.41) is 20.1. The molecule has 0 spiro atoms. The van der Waals surface area contributed by atoms with Crippen LogP contribution in [0.5, 0.6) is 0 Å². The lowest BCUT2D eigenvalue weighted by molar-refractivity contribution is -0.173. The zero-order valence-electron chi connectivity index (χ0n) is 10.9. The number of halogens is 3. The molecule has 0 saturated carbocycles. The number of hydrogen-bond acceptors (Lipinski definition) is 3. The quantitative estimate of drug-likeness (QED) is 0.730. The van der Waals surface area contributed by atoms with Gasteiger partial charge in [0.2, 0.25) is 0 Å². The molecule has 1 unspecified atom stereocenters. The van der Waals surface area contributed by atoms with Crippen molar-refractivity contribution >= 4 is 5.91 Å². The fourth-order valence-electron chi connectivity index (χ4n) is 1.55. The van der Waals surface area contributed by atoms with Gasteiger partial charge in [-0.05, 0) is 24.1 Å². The molecule has 1 atom stereocenters. The first-order valence-corrected chi connectivity index (χ1v) is 6.07.